The zero-order chi connectivity index (χ0) is 25.4. The highest BCUT2D eigenvalue weighted by Gasteiger charge is 2.44. The second-order valence-corrected chi connectivity index (χ2v) is 10.2. The number of likely N-dealkylation sites (tertiary alicyclic amines) is 1. The molecule has 2 fully saturated rings. The minimum absolute atomic E-state index is 0. The van der Waals surface area contributed by atoms with Crippen molar-refractivity contribution >= 4 is 18.3 Å². The van der Waals surface area contributed by atoms with Crippen LogP contribution >= 0.6 is 12.4 Å². The van der Waals surface area contributed by atoms with Crippen LogP contribution in [0, 0.1) is 11.6 Å². The van der Waals surface area contributed by atoms with Crippen molar-refractivity contribution < 1.29 is 23.0 Å². The third-order valence-corrected chi connectivity index (χ3v) is 7.90. The number of carbonyl (C=O) groups is 1. The van der Waals surface area contributed by atoms with Gasteiger partial charge in [-0.3, -0.25) is 4.79 Å². The van der Waals surface area contributed by atoms with Gasteiger partial charge in [-0.05, 0) is 42.0 Å². The first-order valence-corrected chi connectivity index (χ1v) is 12.9. The average Bonchev–Trinajstić information content (AvgIpc) is 3.62. The Labute approximate surface area is 227 Å². The van der Waals surface area contributed by atoms with Crippen LogP contribution in [0.15, 0.2) is 66.7 Å². The van der Waals surface area contributed by atoms with E-state index in [9.17, 15) is 13.6 Å². The number of rotatable bonds is 7. The van der Waals surface area contributed by atoms with E-state index in [4.69, 9.17) is 9.47 Å². The predicted octanol–water partition coefficient (Wildman–Crippen LogP) is 5.46. The molecule has 8 heteroatoms. The summed E-state index contributed by atoms with van der Waals surface area (Å²) in [7, 11) is 0. The van der Waals surface area contributed by atoms with Gasteiger partial charge in [0.25, 0.3) is 0 Å². The van der Waals surface area contributed by atoms with Crippen LogP contribution in [0.1, 0.15) is 47.4 Å². The SMILES string of the molecule is Cl.O=C(CN[C@@H]1C[C@H]1c1cc(F)cc(F)c1OCc1ccccc1)N1CCC2(CC1)OCc1ccccc12. The molecule has 0 radical (unpaired) electrons. The molecule has 2 atom stereocenters. The molecule has 200 valence electrons. The Morgan fingerprint density at radius 1 is 1.05 bits per heavy atom. The van der Waals surface area contributed by atoms with Crippen LogP contribution in [0.3, 0.4) is 0 Å². The quantitative estimate of drug-likeness (QED) is 0.432. The largest absolute Gasteiger partial charge is 0.486 e. The highest BCUT2D eigenvalue weighted by molar-refractivity contribution is 5.85. The molecule has 6 rings (SSSR count). The van der Waals surface area contributed by atoms with E-state index in [0.717, 1.165) is 24.5 Å². The van der Waals surface area contributed by atoms with Crippen molar-refractivity contribution in [1.29, 1.82) is 0 Å². The first-order chi connectivity index (χ1) is 18.0. The second kappa shape index (κ2) is 11.0. The molecule has 0 bridgehead atoms. The van der Waals surface area contributed by atoms with Crippen LogP contribution in [0.25, 0.3) is 0 Å². The summed E-state index contributed by atoms with van der Waals surface area (Å²) in [6.07, 6.45) is 2.27. The Hall–Kier alpha value is -3.00. The fourth-order valence-corrected chi connectivity index (χ4v) is 5.75. The number of piperidine rings is 1. The van der Waals surface area contributed by atoms with Crippen LogP contribution in [0.2, 0.25) is 0 Å². The number of halogens is 3. The van der Waals surface area contributed by atoms with E-state index in [1.54, 1.807) is 0 Å². The van der Waals surface area contributed by atoms with Gasteiger partial charge in [-0.15, -0.1) is 12.4 Å². The maximum absolute atomic E-state index is 14.6. The van der Waals surface area contributed by atoms with Gasteiger partial charge < -0.3 is 19.7 Å². The lowest BCUT2D eigenvalue weighted by molar-refractivity contribution is -0.137. The van der Waals surface area contributed by atoms with E-state index < -0.39 is 11.6 Å². The zero-order valence-electron chi connectivity index (χ0n) is 21.0. The third-order valence-electron chi connectivity index (χ3n) is 7.90. The lowest BCUT2D eigenvalue weighted by Gasteiger charge is -2.39. The molecular formula is C30H31ClF2N2O3. The molecule has 1 spiro atoms. The van der Waals surface area contributed by atoms with Crippen molar-refractivity contribution in [3.05, 3.63) is 101 Å². The molecular weight excluding hydrogens is 510 g/mol. The van der Waals surface area contributed by atoms with E-state index in [0.29, 0.717) is 31.7 Å². The number of nitrogens with one attached hydrogen (secondary N) is 1. The van der Waals surface area contributed by atoms with Gasteiger partial charge in [0.2, 0.25) is 5.91 Å². The Kier molecular flexibility index (Phi) is 7.70. The summed E-state index contributed by atoms with van der Waals surface area (Å²) in [6, 6.07) is 20.0. The molecule has 5 nitrogen and oxygen atoms in total. The highest BCUT2D eigenvalue weighted by atomic mass is 35.5. The van der Waals surface area contributed by atoms with E-state index in [1.165, 1.54) is 17.2 Å². The standard InChI is InChI=1S/C30H30F2N2O3.ClH/c31-22-14-24(29(26(32)15-22)36-18-20-6-2-1-3-7-20)23-16-27(23)33-17-28(35)34-12-10-30(11-13-34)25-9-5-4-8-21(25)19-37-30;/h1-9,14-15,23,27,33H,10-13,16-19H2;1H/t23-,27+;/m0./s1. The number of amides is 1. The Bertz CT molecular complexity index is 1300. The topological polar surface area (TPSA) is 50.8 Å². The normalized spacial score (nSPS) is 21.1. The lowest BCUT2D eigenvalue weighted by atomic mass is 9.84. The first-order valence-electron chi connectivity index (χ1n) is 12.9. The summed E-state index contributed by atoms with van der Waals surface area (Å²) >= 11 is 0. The van der Waals surface area contributed by atoms with Gasteiger partial charge >= 0.3 is 0 Å². The van der Waals surface area contributed by atoms with Crippen molar-refractivity contribution in [2.45, 2.75) is 50.0 Å². The van der Waals surface area contributed by atoms with E-state index >= 15 is 0 Å². The van der Waals surface area contributed by atoms with Crippen molar-refractivity contribution in [3.63, 3.8) is 0 Å². The smallest absolute Gasteiger partial charge is 0.236 e. The van der Waals surface area contributed by atoms with E-state index in [2.05, 4.69) is 17.4 Å². The molecule has 1 saturated carbocycles. The van der Waals surface area contributed by atoms with E-state index in [1.807, 2.05) is 47.4 Å². The number of hydrogen-bond donors (Lipinski definition) is 1. The Balaban J connectivity index is 0.00000294. The molecule has 1 amide bonds. The van der Waals surface area contributed by atoms with Crippen LogP contribution < -0.4 is 10.1 Å². The number of carbonyl (C=O) groups excluding carboxylic acids is 1. The summed E-state index contributed by atoms with van der Waals surface area (Å²) in [5, 5.41) is 3.30. The van der Waals surface area contributed by atoms with Crippen molar-refractivity contribution in [2.24, 2.45) is 0 Å². The summed E-state index contributed by atoms with van der Waals surface area (Å²) in [6.45, 7) is 2.32. The van der Waals surface area contributed by atoms with E-state index in [-0.39, 0.29) is 54.8 Å². The van der Waals surface area contributed by atoms with Crippen LogP contribution in [0.4, 0.5) is 8.78 Å². The van der Waals surface area contributed by atoms with Gasteiger partial charge in [0.05, 0.1) is 18.8 Å². The Morgan fingerprint density at radius 2 is 1.79 bits per heavy atom. The highest BCUT2D eigenvalue weighted by Crippen LogP contribution is 2.46. The monoisotopic (exact) mass is 540 g/mol. The molecule has 0 unspecified atom stereocenters. The molecule has 2 aliphatic heterocycles. The van der Waals surface area contributed by atoms with Gasteiger partial charge in [0.1, 0.15) is 12.4 Å². The molecule has 3 aliphatic rings. The molecule has 2 heterocycles. The van der Waals surface area contributed by atoms with Crippen molar-refractivity contribution in [3.8, 4) is 5.75 Å². The lowest BCUT2D eigenvalue weighted by Crippen LogP contribution is -2.47. The number of ether oxygens (including phenoxy) is 2. The molecule has 0 aromatic heterocycles. The van der Waals surface area contributed by atoms with Crippen LogP contribution in [0.5, 0.6) is 5.75 Å². The molecule has 1 aliphatic carbocycles. The molecule has 1 saturated heterocycles. The summed E-state index contributed by atoms with van der Waals surface area (Å²) in [4.78, 5) is 14.8. The summed E-state index contributed by atoms with van der Waals surface area (Å²) in [5.41, 5.74) is 3.64. The third kappa shape index (κ3) is 5.28. The van der Waals surface area contributed by atoms with Gasteiger partial charge in [0, 0.05) is 36.7 Å². The maximum atomic E-state index is 14.6. The minimum atomic E-state index is -0.703. The second-order valence-electron chi connectivity index (χ2n) is 10.2. The predicted molar refractivity (Wildman–Crippen MR) is 142 cm³/mol. The average molecular weight is 541 g/mol. The van der Waals surface area contributed by atoms with Gasteiger partial charge in [-0.25, -0.2) is 8.78 Å². The Morgan fingerprint density at radius 3 is 2.58 bits per heavy atom. The fourth-order valence-electron chi connectivity index (χ4n) is 5.75. The number of nitrogens with zero attached hydrogens (tertiary/aromatic N) is 1. The molecule has 3 aromatic carbocycles. The summed E-state index contributed by atoms with van der Waals surface area (Å²) < 4.78 is 40.7. The zero-order valence-corrected chi connectivity index (χ0v) is 21.8. The van der Waals surface area contributed by atoms with Crippen molar-refractivity contribution in [2.75, 3.05) is 19.6 Å². The van der Waals surface area contributed by atoms with Crippen LogP contribution in [-0.2, 0) is 28.3 Å². The molecule has 3 aromatic rings. The minimum Gasteiger partial charge on any atom is -0.486 e. The number of benzene rings is 3. The van der Waals surface area contributed by atoms with Crippen LogP contribution in [-0.4, -0.2) is 36.5 Å². The fraction of sp³-hybridized carbons (Fsp3) is 0.367. The molecule has 38 heavy (non-hydrogen) atoms. The summed E-state index contributed by atoms with van der Waals surface area (Å²) in [5.74, 6) is -1.30. The maximum Gasteiger partial charge on any atom is 0.236 e. The van der Waals surface area contributed by atoms with Gasteiger partial charge in [0.15, 0.2) is 11.6 Å². The molecule has 1 N–H and O–H groups in total. The first kappa shape index (κ1) is 26.6. The van der Waals surface area contributed by atoms with Gasteiger partial charge in [-0.2, -0.15) is 0 Å². The van der Waals surface area contributed by atoms with Gasteiger partial charge in [-0.1, -0.05) is 54.6 Å². The number of fused-ring (bicyclic) bond motifs is 2. The van der Waals surface area contributed by atoms with Crippen molar-refractivity contribution in [1.82, 2.24) is 10.2 Å². The number of hydrogen-bond acceptors (Lipinski definition) is 4.